The highest BCUT2D eigenvalue weighted by molar-refractivity contribution is 7.12. The number of thiophene rings is 2. The molecule has 4 N–H and O–H groups in total. The smallest absolute Gasteiger partial charge is 0.349 e. The third kappa shape index (κ3) is 7.46. The standard InChI is InChI=1S/C41H46N6O6S2/c1-25(29-12-14-34(48)38-30(29)13-15-37(49)43-38)21-42-22-26-20-33-39(32-24-52-23-31(26)32)47(45-44-33)17-5-16-46(2)27-8-10-28(11-9-27)53-40(50)41(51,35-6-3-18-54-35)36-7-4-19-55-36/h3-4,6-7,12-15,18-20,25,27-28,42,48,51H,5,8-11,16-17,21-24H2,1-2H3,(H,43,49)/t25-,27?,28?/m0/s1. The third-order valence-corrected chi connectivity index (χ3v) is 13.2. The lowest BCUT2D eigenvalue weighted by Gasteiger charge is -2.35. The van der Waals surface area contributed by atoms with Crippen molar-refractivity contribution < 1.29 is 24.5 Å². The molecule has 288 valence electrons. The maximum atomic E-state index is 13.4. The number of aromatic hydroxyl groups is 1. The van der Waals surface area contributed by atoms with E-state index in [2.05, 4.69) is 45.6 Å². The summed E-state index contributed by atoms with van der Waals surface area (Å²) in [5, 5.41) is 39.2. The van der Waals surface area contributed by atoms with Crippen LogP contribution in [0, 0.1) is 0 Å². The third-order valence-electron chi connectivity index (χ3n) is 11.3. The number of hydrogen-bond donors (Lipinski definition) is 4. The second-order valence-electron chi connectivity index (χ2n) is 14.8. The summed E-state index contributed by atoms with van der Waals surface area (Å²) in [4.78, 5) is 31.6. The van der Waals surface area contributed by atoms with Crippen LogP contribution in [0.5, 0.6) is 5.75 Å². The van der Waals surface area contributed by atoms with Crippen LogP contribution in [-0.2, 0) is 46.2 Å². The summed E-state index contributed by atoms with van der Waals surface area (Å²) in [7, 11) is 2.17. The van der Waals surface area contributed by atoms with Crippen molar-refractivity contribution in [2.45, 2.75) is 89.0 Å². The Morgan fingerprint density at radius 2 is 1.84 bits per heavy atom. The van der Waals surface area contributed by atoms with Gasteiger partial charge in [0, 0.05) is 42.7 Å². The average Bonchev–Trinajstić information content (AvgIpc) is 4.03. The zero-order valence-corrected chi connectivity index (χ0v) is 32.6. The predicted octanol–water partition coefficient (Wildman–Crippen LogP) is 6.14. The van der Waals surface area contributed by atoms with Gasteiger partial charge in [-0.1, -0.05) is 30.3 Å². The van der Waals surface area contributed by atoms with Gasteiger partial charge in [-0.3, -0.25) is 4.79 Å². The number of benzene rings is 2. The highest BCUT2D eigenvalue weighted by Gasteiger charge is 2.45. The number of phenols is 1. The van der Waals surface area contributed by atoms with Crippen molar-refractivity contribution in [2.24, 2.45) is 0 Å². The van der Waals surface area contributed by atoms with Crippen LogP contribution in [0.1, 0.15) is 77.0 Å². The molecule has 2 aromatic carbocycles. The first-order valence-corrected chi connectivity index (χ1v) is 20.7. The Balaban J connectivity index is 0.842. The van der Waals surface area contributed by atoms with Gasteiger partial charge in [0.05, 0.1) is 34.0 Å². The number of hydrogen-bond acceptors (Lipinski definition) is 12. The van der Waals surface area contributed by atoms with Gasteiger partial charge in [-0.15, -0.1) is 27.8 Å². The van der Waals surface area contributed by atoms with Crippen LogP contribution in [0.3, 0.4) is 0 Å². The van der Waals surface area contributed by atoms with Gasteiger partial charge in [0.15, 0.2) is 0 Å². The van der Waals surface area contributed by atoms with E-state index in [1.807, 2.05) is 33.6 Å². The van der Waals surface area contributed by atoms with Gasteiger partial charge >= 0.3 is 5.97 Å². The Labute approximate surface area is 326 Å². The molecule has 1 aliphatic carbocycles. The Kier molecular flexibility index (Phi) is 10.9. The van der Waals surface area contributed by atoms with E-state index in [1.54, 1.807) is 24.3 Å². The minimum Gasteiger partial charge on any atom is -0.506 e. The summed E-state index contributed by atoms with van der Waals surface area (Å²) >= 11 is 2.71. The molecule has 1 aliphatic heterocycles. The number of carbonyl (C=O) groups excluding carboxylic acids is 1. The lowest BCUT2D eigenvalue weighted by molar-refractivity contribution is -0.169. The number of aromatic amines is 1. The molecular formula is C41H46N6O6S2. The molecule has 6 aromatic rings. The van der Waals surface area contributed by atoms with Crippen molar-refractivity contribution in [3.05, 3.63) is 108 Å². The summed E-state index contributed by atoms with van der Waals surface area (Å²) in [6.45, 7) is 6.22. The van der Waals surface area contributed by atoms with E-state index < -0.39 is 11.6 Å². The van der Waals surface area contributed by atoms with Gasteiger partial charge < -0.3 is 34.9 Å². The number of aliphatic hydroxyl groups is 1. The fourth-order valence-corrected chi connectivity index (χ4v) is 9.95. The Bertz CT molecular complexity index is 2300. The number of nitrogens with zero attached hydrogens (tertiary/aromatic N) is 4. The van der Waals surface area contributed by atoms with Gasteiger partial charge in [0.1, 0.15) is 17.4 Å². The maximum absolute atomic E-state index is 13.4. The number of rotatable bonds is 14. The van der Waals surface area contributed by atoms with Crippen LogP contribution >= 0.6 is 22.7 Å². The van der Waals surface area contributed by atoms with Crippen LogP contribution in [0.2, 0.25) is 0 Å². The van der Waals surface area contributed by atoms with E-state index in [-0.39, 0.29) is 23.3 Å². The fourth-order valence-electron chi connectivity index (χ4n) is 8.23. The van der Waals surface area contributed by atoms with E-state index in [0.29, 0.717) is 47.6 Å². The van der Waals surface area contributed by atoms with Crippen LogP contribution < -0.4 is 10.9 Å². The molecule has 0 saturated heterocycles. The quantitative estimate of drug-likeness (QED) is 0.0949. The molecule has 0 unspecified atom stereocenters. The molecule has 1 fully saturated rings. The molecule has 0 bridgehead atoms. The summed E-state index contributed by atoms with van der Waals surface area (Å²) in [5.41, 5.74) is 4.92. The number of fused-ring (bicyclic) bond motifs is 4. The van der Waals surface area contributed by atoms with Crippen molar-refractivity contribution in [3.63, 3.8) is 0 Å². The summed E-state index contributed by atoms with van der Waals surface area (Å²) in [6, 6.07) is 16.6. The van der Waals surface area contributed by atoms with Gasteiger partial charge in [-0.05, 0) is 109 Å². The maximum Gasteiger partial charge on any atom is 0.349 e. The van der Waals surface area contributed by atoms with Crippen LogP contribution in [0.25, 0.3) is 21.9 Å². The highest BCUT2D eigenvalue weighted by atomic mass is 32.1. The minimum atomic E-state index is -1.78. The van der Waals surface area contributed by atoms with Crippen LogP contribution in [0.4, 0.5) is 0 Å². The molecule has 8 rings (SSSR count). The Hall–Kier alpha value is -4.44. The summed E-state index contributed by atoms with van der Waals surface area (Å²) < 4.78 is 14.0. The molecule has 55 heavy (non-hydrogen) atoms. The summed E-state index contributed by atoms with van der Waals surface area (Å²) in [5.74, 6) is -0.395. The first-order chi connectivity index (χ1) is 26.7. The second-order valence-corrected chi connectivity index (χ2v) is 16.7. The number of aromatic nitrogens is 4. The molecular weight excluding hydrogens is 737 g/mol. The predicted molar refractivity (Wildman–Crippen MR) is 213 cm³/mol. The fraction of sp³-hybridized carbons (Fsp3) is 0.415. The number of aryl methyl sites for hydroxylation is 1. The van der Waals surface area contributed by atoms with Crippen LogP contribution in [-0.4, -0.2) is 73.3 Å². The number of ether oxygens (including phenoxy) is 2. The first-order valence-electron chi connectivity index (χ1n) is 18.9. The van der Waals surface area contributed by atoms with Crippen molar-refractivity contribution >= 4 is 50.6 Å². The Morgan fingerprint density at radius 3 is 2.56 bits per heavy atom. The Morgan fingerprint density at radius 1 is 1.09 bits per heavy atom. The monoisotopic (exact) mass is 782 g/mol. The number of phenolic OH excluding ortho intramolecular Hbond substituents is 1. The van der Waals surface area contributed by atoms with Crippen molar-refractivity contribution in [1.82, 2.24) is 30.2 Å². The molecule has 0 amide bonds. The molecule has 5 heterocycles. The van der Waals surface area contributed by atoms with Crippen molar-refractivity contribution in [2.75, 3.05) is 20.1 Å². The molecule has 4 aromatic heterocycles. The lowest BCUT2D eigenvalue weighted by atomic mass is 9.91. The first kappa shape index (κ1) is 37.5. The highest BCUT2D eigenvalue weighted by Crippen LogP contribution is 2.38. The zero-order chi connectivity index (χ0) is 38.1. The van der Waals surface area contributed by atoms with E-state index in [9.17, 15) is 19.8 Å². The molecule has 14 heteroatoms. The van der Waals surface area contributed by atoms with Gasteiger partial charge in [0.2, 0.25) is 11.2 Å². The van der Waals surface area contributed by atoms with E-state index in [1.165, 1.54) is 34.3 Å². The van der Waals surface area contributed by atoms with Crippen LogP contribution in [0.15, 0.2) is 70.2 Å². The second kappa shape index (κ2) is 16.0. The SMILES string of the molecule is C[C@@H](CNCc1cc2nnn(CCCN(C)C3CCC(OC(=O)C(O)(c4cccs4)c4cccs4)CC3)c2c2c1COC2)c1ccc(O)c2[nH]c(=O)ccc12. The van der Waals surface area contributed by atoms with Gasteiger partial charge in [0.25, 0.3) is 0 Å². The number of H-pyrrole nitrogens is 1. The molecule has 2 aliphatic rings. The van der Waals surface area contributed by atoms with E-state index in [4.69, 9.17) is 9.47 Å². The largest absolute Gasteiger partial charge is 0.506 e. The summed E-state index contributed by atoms with van der Waals surface area (Å²) in [6.07, 6.45) is 4.06. The van der Waals surface area contributed by atoms with Gasteiger partial charge in [-0.2, -0.15) is 0 Å². The molecule has 0 radical (unpaired) electrons. The van der Waals surface area contributed by atoms with E-state index in [0.717, 1.165) is 78.3 Å². The topological polar surface area (TPSA) is 155 Å². The number of nitrogens with one attached hydrogen (secondary N) is 2. The molecule has 1 saturated carbocycles. The lowest BCUT2D eigenvalue weighted by Crippen LogP contribution is -2.42. The molecule has 12 nitrogen and oxygen atoms in total. The average molecular weight is 783 g/mol. The number of pyridine rings is 1. The number of carbonyl (C=O) groups is 1. The minimum absolute atomic E-state index is 0.0656. The van der Waals surface area contributed by atoms with Crippen molar-refractivity contribution in [3.8, 4) is 5.75 Å². The van der Waals surface area contributed by atoms with Crippen molar-refractivity contribution in [1.29, 1.82) is 0 Å². The zero-order valence-electron chi connectivity index (χ0n) is 31.0. The molecule has 0 spiro atoms. The van der Waals surface area contributed by atoms with E-state index >= 15 is 0 Å². The van der Waals surface area contributed by atoms with Gasteiger partial charge in [-0.25, -0.2) is 9.48 Å². The number of esters is 1. The normalized spacial score (nSPS) is 18.0. The molecule has 1 atom stereocenters.